The first kappa shape index (κ1) is 13.7. The summed E-state index contributed by atoms with van der Waals surface area (Å²) in [6.45, 7) is 4.18. The van der Waals surface area contributed by atoms with E-state index in [0.717, 1.165) is 17.8 Å². The van der Waals surface area contributed by atoms with Gasteiger partial charge in [-0.05, 0) is 30.0 Å². The average molecular weight is 309 g/mol. The molecule has 0 unspecified atom stereocenters. The zero-order valence-electron chi connectivity index (χ0n) is 11.3. The van der Waals surface area contributed by atoms with Crippen LogP contribution in [0.2, 0.25) is 10.0 Å². The quantitative estimate of drug-likeness (QED) is 0.785. The van der Waals surface area contributed by atoms with E-state index in [1.54, 1.807) is 23.0 Å². The molecule has 2 aromatic rings. The van der Waals surface area contributed by atoms with Crippen molar-refractivity contribution in [1.82, 2.24) is 9.78 Å². The number of halogens is 2. The molecule has 0 atom stereocenters. The number of nitrogens with zero attached hydrogens (tertiary/aromatic N) is 2. The lowest BCUT2D eigenvalue weighted by molar-refractivity contribution is 0.0911. The van der Waals surface area contributed by atoms with Crippen molar-refractivity contribution in [3.63, 3.8) is 0 Å². The normalized spacial score (nSPS) is 17.1. The van der Waals surface area contributed by atoms with E-state index in [1.807, 2.05) is 6.07 Å². The predicted octanol–water partition coefficient (Wildman–Crippen LogP) is 4.33. The monoisotopic (exact) mass is 308 g/mol. The van der Waals surface area contributed by atoms with Crippen molar-refractivity contribution in [3.8, 4) is 5.69 Å². The standard InChI is InChI=1S/C15H14Cl2N2O/c1-15(2)6-13-10(14(20)7-15)8-18-19(13)12-4-3-9(16)5-11(12)17/h3-5,8H,6-7H2,1-2H3. The molecule has 1 heterocycles. The first-order valence-corrected chi connectivity index (χ1v) is 7.18. The lowest BCUT2D eigenvalue weighted by Crippen LogP contribution is -2.27. The third kappa shape index (κ3) is 2.25. The van der Waals surface area contributed by atoms with Gasteiger partial charge in [-0.25, -0.2) is 4.68 Å². The molecular formula is C15H14Cl2N2O. The minimum Gasteiger partial charge on any atom is -0.294 e. The lowest BCUT2D eigenvalue weighted by Gasteiger charge is -2.29. The molecule has 0 amide bonds. The zero-order chi connectivity index (χ0) is 14.5. The Morgan fingerprint density at radius 1 is 1.25 bits per heavy atom. The van der Waals surface area contributed by atoms with Crippen LogP contribution in [-0.4, -0.2) is 15.6 Å². The number of hydrogen-bond acceptors (Lipinski definition) is 2. The number of fused-ring (bicyclic) bond motifs is 1. The van der Waals surface area contributed by atoms with Crippen LogP contribution in [0.3, 0.4) is 0 Å². The molecule has 0 saturated heterocycles. The molecule has 0 spiro atoms. The van der Waals surface area contributed by atoms with Gasteiger partial charge in [0, 0.05) is 11.4 Å². The summed E-state index contributed by atoms with van der Waals surface area (Å²) in [6.07, 6.45) is 2.99. The van der Waals surface area contributed by atoms with E-state index < -0.39 is 0 Å². The fourth-order valence-corrected chi connectivity index (χ4v) is 3.17. The summed E-state index contributed by atoms with van der Waals surface area (Å²) in [5.41, 5.74) is 2.33. The molecule has 0 fully saturated rings. The summed E-state index contributed by atoms with van der Waals surface area (Å²) >= 11 is 12.2. The van der Waals surface area contributed by atoms with Crippen molar-refractivity contribution >= 4 is 29.0 Å². The summed E-state index contributed by atoms with van der Waals surface area (Å²) in [5.74, 6) is 0.146. The summed E-state index contributed by atoms with van der Waals surface area (Å²) in [7, 11) is 0. The number of carbonyl (C=O) groups is 1. The Balaban J connectivity index is 2.16. The number of hydrogen-bond donors (Lipinski definition) is 0. The van der Waals surface area contributed by atoms with Gasteiger partial charge in [-0.2, -0.15) is 5.10 Å². The van der Waals surface area contributed by atoms with Gasteiger partial charge in [-0.1, -0.05) is 37.0 Å². The molecule has 0 bridgehead atoms. The molecule has 0 radical (unpaired) electrons. The molecule has 5 heteroatoms. The Morgan fingerprint density at radius 3 is 2.70 bits per heavy atom. The van der Waals surface area contributed by atoms with Gasteiger partial charge in [0.15, 0.2) is 5.78 Å². The molecule has 1 aliphatic carbocycles. The number of carbonyl (C=O) groups excluding carboxylic acids is 1. The van der Waals surface area contributed by atoms with Crippen LogP contribution in [0.1, 0.15) is 36.3 Å². The molecule has 0 aliphatic heterocycles. The molecule has 0 N–H and O–H groups in total. The van der Waals surface area contributed by atoms with Gasteiger partial charge in [-0.15, -0.1) is 0 Å². The summed E-state index contributed by atoms with van der Waals surface area (Å²) in [4.78, 5) is 12.2. The van der Waals surface area contributed by atoms with E-state index in [-0.39, 0.29) is 11.2 Å². The van der Waals surface area contributed by atoms with Crippen molar-refractivity contribution in [2.24, 2.45) is 5.41 Å². The maximum atomic E-state index is 12.2. The maximum absolute atomic E-state index is 12.2. The number of ketones is 1. The second kappa shape index (κ2) is 4.61. The van der Waals surface area contributed by atoms with Gasteiger partial charge in [0.05, 0.1) is 28.2 Å². The van der Waals surface area contributed by atoms with Crippen LogP contribution in [0.25, 0.3) is 5.69 Å². The van der Waals surface area contributed by atoms with Crippen LogP contribution in [-0.2, 0) is 6.42 Å². The summed E-state index contributed by atoms with van der Waals surface area (Å²) < 4.78 is 1.76. The molecule has 104 valence electrons. The zero-order valence-corrected chi connectivity index (χ0v) is 12.8. The molecule has 3 rings (SSSR count). The summed E-state index contributed by atoms with van der Waals surface area (Å²) in [6, 6.07) is 5.28. The lowest BCUT2D eigenvalue weighted by atomic mass is 9.76. The van der Waals surface area contributed by atoms with Gasteiger partial charge in [0.2, 0.25) is 0 Å². The third-order valence-corrected chi connectivity index (χ3v) is 4.13. The highest BCUT2D eigenvalue weighted by molar-refractivity contribution is 6.35. The molecule has 1 aliphatic rings. The number of benzene rings is 1. The van der Waals surface area contributed by atoms with Crippen LogP contribution in [0.15, 0.2) is 24.4 Å². The minimum absolute atomic E-state index is 0.0548. The second-order valence-corrected chi connectivity index (χ2v) is 6.80. The van der Waals surface area contributed by atoms with Crippen LogP contribution in [0.4, 0.5) is 0 Å². The number of rotatable bonds is 1. The van der Waals surface area contributed by atoms with Gasteiger partial charge >= 0.3 is 0 Å². The SMILES string of the molecule is CC1(C)CC(=O)c2cnn(-c3ccc(Cl)cc3Cl)c2C1. The smallest absolute Gasteiger partial charge is 0.166 e. The molecular weight excluding hydrogens is 295 g/mol. The molecule has 1 aromatic carbocycles. The predicted molar refractivity (Wildman–Crippen MR) is 80.0 cm³/mol. The molecule has 20 heavy (non-hydrogen) atoms. The molecule has 3 nitrogen and oxygen atoms in total. The van der Waals surface area contributed by atoms with E-state index in [1.165, 1.54) is 0 Å². The highest BCUT2D eigenvalue weighted by Crippen LogP contribution is 2.36. The Kier molecular flexibility index (Phi) is 3.14. The first-order chi connectivity index (χ1) is 9.37. The summed E-state index contributed by atoms with van der Waals surface area (Å²) in [5, 5.41) is 5.45. The second-order valence-electron chi connectivity index (χ2n) is 5.95. The van der Waals surface area contributed by atoms with Crippen molar-refractivity contribution in [1.29, 1.82) is 0 Å². The van der Waals surface area contributed by atoms with Gasteiger partial charge < -0.3 is 0 Å². The van der Waals surface area contributed by atoms with E-state index >= 15 is 0 Å². The highest BCUT2D eigenvalue weighted by Gasteiger charge is 2.34. The van der Waals surface area contributed by atoms with Gasteiger partial charge in [-0.3, -0.25) is 4.79 Å². The van der Waals surface area contributed by atoms with Crippen LogP contribution in [0, 0.1) is 5.41 Å². The van der Waals surface area contributed by atoms with Crippen molar-refractivity contribution < 1.29 is 4.79 Å². The van der Waals surface area contributed by atoms with Gasteiger partial charge in [0.25, 0.3) is 0 Å². The van der Waals surface area contributed by atoms with Crippen LogP contribution < -0.4 is 0 Å². The fourth-order valence-electron chi connectivity index (χ4n) is 2.68. The van der Waals surface area contributed by atoms with Gasteiger partial charge in [0.1, 0.15) is 0 Å². The molecule has 1 aromatic heterocycles. The topological polar surface area (TPSA) is 34.9 Å². The van der Waals surface area contributed by atoms with Crippen molar-refractivity contribution in [2.75, 3.05) is 0 Å². The fraction of sp³-hybridized carbons (Fsp3) is 0.333. The minimum atomic E-state index is -0.0548. The molecule has 0 saturated carbocycles. The Bertz CT molecular complexity index is 704. The van der Waals surface area contributed by atoms with Crippen LogP contribution in [0.5, 0.6) is 0 Å². The Labute approximate surface area is 127 Å². The largest absolute Gasteiger partial charge is 0.294 e. The number of Topliss-reactive ketones (excluding diaryl/α,β-unsaturated/α-hetero) is 1. The first-order valence-electron chi connectivity index (χ1n) is 6.43. The average Bonchev–Trinajstić information content (AvgIpc) is 2.71. The van der Waals surface area contributed by atoms with Crippen LogP contribution >= 0.6 is 23.2 Å². The van der Waals surface area contributed by atoms with E-state index in [4.69, 9.17) is 23.2 Å². The van der Waals surface area contributed by atoms with E-state index in [9.17, 15) is 4.79 Å². The highest BCUT2D eigenvalue weighted by atomic mass is 35.5. The van der Waals surface area contributed by atoms with Crippen molar-refractivity contribution in [2.45, 2.75) is 26.7 Å². The third-order valence-electron chi connectivity index (χ3n) is 3.59. The number of aromatic nitrogens is 2. The Hall–Kier alpha value is -1.32. The van der Waals surface area contributed by atoms with E-state index in [0.29, 0.717) is 22.0 Å². The maximum Gasteiger partial charge on any atom is 0.166 e. The Morgan fingerprint density at radius 2 is 2.00 bits per heavy atom. The van der Waals surface area contributed by atoms with Crippen molar-refractivity contribution in [3.05, 3.63) is 45.7 Å². The van der Waals surface area contributed by atoms with E-state index in [2.05, 4.69) is 18.9 Å².